The molecule has 1 aromatic rings. The summed E-state index contributed by atoms with van der Waals surface area (Å²) in [5.74, 6) is 0.929. The third kappa shape index (κ3) is 4.95. The first-order valence-electron chi connectivity index (χ1n) is 10.7. The average Bonchev–Trinajstić information content (AvgIpc) is 3.39. The van der Waals surface area contributed by atoms with Crippen molar-refractivity contribution in [1.29, 1.82) is 0 Å². The van der Waals surface area contributed by atoms with Gasteiger partial charge in [0.25, 0.3) is 0 Å². The van der Waals surface area contributed by atoms with Gasteiger partial charge >= 0.3 is 0 Å². The number of aliphatic hydroxyl groups is 3. The van der Waals surface area contributed by atoms with Gasteiger partial charge in [-0.05, 0) is 51.2 Å². The molecule has 3 N–H and O–H groups in total. The van der Waals surface area contributed by atoms with Crippen LogP contribution in [-0.2, 0) is 21.8 Å². The molecule has 1 saturated carbocycles. The van der Waals surface area contributed by atoms with Crippen LogP contribution in [-0.4, -0.2) is 57.7 Å². The van der Waals surface area contributed by atoms with E-state index in [2.05, 4.69) is 19.9 Å². The Morgan fingerprint density at radius 1 is 1.30 bits per heavy atom. The molecule has 6 atom stereocenters. The first-order valence-corrected chi connectivity index (χ1v) is 11.9. The third-order valence-corrected chi connectivity index (χ3v) is 7.89. The van der Waals surface area contributed by atoms with Crippen LogP contribution < -0.4 is 0 Å². The predicted molar refractivity (Wildman–Crippen MR) is 120 cm³/mol. The smallest absolute Gasteiger partial charge is 0.100 e. The molecule has 0 amide bonds. The summed E-state index contributed by atoms with van der Waals surface area (Å²) >= 11 is 1.66. The SMILES string of the molecule is CO[C@@H]1[C@H](O)CC[C@](O)(CSCc2ccccc2CO)[C@H]1[C@@]1(C)O[C@@H]1CC=C(C)C. The van der Waals surface area contributed by atoms with E-state index >= 15 is 0 Å². The Balaban J connectivity index is 1.75. The van der Waals surface area contributed by atoms with Crippen molar-refractivity contribution in [3.63, 3.8) is 0 Å². The van der Waals surface area contributed by atoms with Crippen LogP contribution in [0.25, 0.3) is 0 Å². The molecule has 1 aliphatic carbocycles. The summed E-state index contributed by atoms with van der Waals surface area (Å²) in [6.45, 7) is 6.19. The minimum absolute atomic E-state index is 0.0134. The van der Waals surface area contributed by atoms with E-state index in [1.807, 2.05) is 31.2 Å². The molecule has 6 heteroatoms. The van der Waals surface area contributed by atoms with E-state index in [4.69, 9.17) is 9.47 Å². The molecular formula is C24H36O5S. The van der Waals surface area contributed by atoms with Gasteiger partial charge in [0.15, 0.2) is 0 Å². The number of epoxide rings is 1. The van der Waals surface area contributed by atoms with Crippen LogP contribution in [0, 0.1) is 5.92 Å². The van der Waals surface area contributed by atoms with Crippen LogP contribution in [0.15, 0.2) is 35.9 Å². The van der Waals surface area contributed by atoms with Crippen molar-refractivity contribution in [3.8, 4) is 0 Å². The first kappa shape index (κ1) is 23.8. The number of ether oxygens (including phenoxy) is 2. The molecule has 2 aliphatic rings. The van der Waals surface area contributed by atoms with E-state index in [9.17, 15) is 15.3 Å². The number of benzene rings is 1. The number of allylic oxidation sites excluding steroid dienone is 1. The van der Waals surface area contributed by atoms with E-state index in [1.54, 1.807) is 18.9 Å². The molecule has 0 aromatic heterocycles. The van der Waals surface area contributed by atoms with Crippen LogP contribution in [0.2, 0.25) is 0 Å². The Kier molecular flexibility index (Phi) is 7.70. The number of hydrogen-bond donors (Lipinski definition) is 3. The van der Waals surface area contributed by atoms with Crippen molar-refractivity contribution < 1.29 is 24.8 Å². The maximum Gasteiger partial charge on any atom is 0.100 e. The average molecular weight is 437 g/mol. The highest BCUT2D eigenvalue weighted by atomic mass is 32.2. The van der Waals surface area contributed by atoms with Crippen LogP contribution in [0.1, 0.15) is 51.2 Å². The highest BCUT2D eigenvalue weighted by Gasteiger charge is 2.66. The molecule has 1 aliphatic heterocycles. The summed E-state index contributed by atoms with van der Waals surface area (Å²) in [6, 6.07) is 7.84. The Hall–Kier alpha value is -0.890. The van der Waals surface area contributed by atoms with Crippen molar-refractivity contribution >= 4 is 11.8 Å². The summed E-state index contributed by atoms with van der Waals surface area (Å²) in [5, 5.41) is 31.9. The predicted octanol–water partition coefficient (Wildman–Crippen LogP) is 3.44. The lowest BCUT2D eigenvalue weighted by Crippen LogP contribution is -2.60. The summed E-state index contributed by atoms with van der Waals surface area (Å²) in [6.07, 6.45) is 2.94. The van der Waals surface area contributed by atoms with Gasteiger partial charge in [0, 0.05) is 24.5 Å². The summed E-state index contributed by atoms with van der Waals surface area (Å²) in [4.78, 5) is 0. The van der Waals surface area contributed by atoms with Crippen LogP contribution in [0.3, 0.4) is 0 Å². The van der Waals surface area contributed by atoms with Crippen LogP contribution in [0.4, 0.5) is 0 Å². The van der Waals surface area contributed by atoms with Gasteiger partial charge < -0.3 is 24.8 Å². The van der Waals surface area contributed by atoms with Crippen molar-refractivity contribution in [2.75, 3.05) is 12.9 Å². The molecule has 0 bridgehead atoms. The molecule has 1 saturated heterocycles. The zero-order chi connectivity index (χ0) is 21.9. The van der Waals surface area contributed by atoms with E-state index in [0.717, 1.165) is 17.5 Å². The largest absolute Gasteiger partial charge is 0.392 e. The second-order valence-corrected chi connectivity index (χ2v) is 10.1. The second kappa shape index (κ2) is 9.72. The zero-order valence-electron chi connectivity index (χ0n) is 18.5. The van der Waals surface area contributed by atoms with Crippen molar-refractivity contribution in [2.45, 2.75) is 81.9 Å². The maximum absolute atomic E-state index is 11.8. The Bertz CT molecular complexity index is 749. The summed E-state index contributed by atoms with van der Waals surface area (Å²) in [7, 11) is 1.61. The number of rotatable bonds is 9. The second-order valence-electron chi connectivity index (χ2n) is 9.11. The van der Waals surface area contributed by atoms with Crippen LogP contribution >= 0.6 is 11.8 Å². The zero-order valence-corrected chi connectivity index (χ0v) is 19.3. The monoisotopic (exact) mass is 436 g/mol. The fraction of sp³-hybridized carbons (Fsp3) is 0.667. The highest BCUT2D eigenvalue weighted by Crippen LogP contribution is 2.55. The van der Waals surface area contributed by atoms with Crippen LogP contribution in [0.5, 0.6) is 0 Å². The molecule has 0 spiro atoms. The Morgan fingerprint density at radius 3 is 2.63 bits per heavy atom. The summed E-state index contributed by atoms with van der Waals surface area (Å²) in [5.41, 5.74) is 1.73. The van der Waals surface area contributed by atoms with E-state index in [-0.39, 0.29) is 18.6 Å². The number of thioether (sulfide) groups is 1. The maximum atomic E-state index is 11.8. The van der Waals surface area contributed by atoms with E-state index in [1.165, 1.54) is 5.57 Å². The lowest BCUT2D eigenvalue weighted by molar-refractivity contribution is -0.169. The van der Waals surface area contributed by atoms with Gasteiger partial charge in [0.1, 0.15) is 5.60 Å². The molecule has 2 fully saturated rings. The van der Waals surface area contributed by atoms with Crippen molar-refractivity contribution in [2.24, 2.45) is 5.92 Å². The molecular weight excluding hydrogens is 400 g/mol. The van der Waals surface area contributed by atoms with E-state index in [0.29, 0.717) is 24.3 Å². The molecule has 30 heavy (non-hydrogen) atoms. The number of hydrogen-bond acceptors (Lipinski definition) is 6. The minimum Gasteiger partial charge on any atom is -0.392 e. The third-order valence-electron chi connectivity index (χ3n) is 6.67. The van der Waals surface area contributed by atoms with Gasteiger partial charge in [-0.1, -0.05) is 35.9 Å². The standard InChI is InChI=1S/C24H36O5S/c1-16(2)9-10-20-23(3,29-20)22-21(28-4)19(26)11-12-24(22,27)15-30-14-18-8-6-5-7-17(18)13-25/h5-9,19-22,25-27H,10-15H2,1-4H3/t19-,20-,21-,22-,23+,24+/m1/s1. The molecule has 0 radical (unpaired) electrons. The fourth-order valence-corrected chi connectivity index (χ4v) is 6.20. The lowest BCUT2D eigenvalue weighted by Gasteiger charge is -2.48. The quantitative estimate of drug-likeness (QED) is 0.406. The normalized spacial score (nSPS) is 35.8. The molecule has 168 valence electrons. The lowest BCUT2D eigenvalue weighted by atomic mass is 9.66. The van der Waals surface area contributed by atoms with Gasteiger partial charge in [-0.15, -0.1) is 0 Å². The topological polar surface area (TPSA) is 82.5 Å². The minimum atomic E-state index is -0.993. The van der Waals surface area contributed by atoms with Gasteiger partial charge in [-0.2, -0.15) is 11.8 Å². The molecule has 1 heterocycles. The van der Waals surface area contributed by atoms with E-state index < -0.39 is 23.4 Å². The first-order chi connectivity index (χ1) is 14.2. The number of methoxy groups -OCH3 is 1. The fourth-order valence-electron chi connectivity index (χ4n) is 4.92. The van der Waals surface area contributed by atoms with Gasteiger partial charge in [-0.25, -0.2) is 0 Å². The molecule has 0 unspecified atom stereocenters. The number of aliphatic hydroxyl groups excluding tert-OH is 2. The molecule has 3 rings (SSSR count). The van der Waals surface area contributed by atoms with Gasteiger partial charge in [0.05, 0.1) is 30.5 Å². The highest BCUT2D eigenvalue weighted by molar-refractivity contribution is 7.98. The Labute approximate surface area is 184 Å². The Morgan fingerprint density at radius 2 is 2.00 bits per heavy atom. The van der Waals surface area contributed by atoms with Crippen molar-refractivity contribution in [3.05, 3.63) is 47.0 Å². The summed E-state index contributed by atoms with van der Waals surface area (Å²) < 4.78 is 11.8. The van der Waals surface area contributed by atoms with Gasteiger partial charge in [0.2, 0.25) is 0 Å². The van der Waals surface area contributed by atoms with Gasteiger partial charge in [-0.3, -0.25) is 0 Å². The molecule has 5 nitrogen and oxygen atoms in total. The van der Waals surface area contributed by atoms with Crippen molar-refractivity contribution in [1.82, 2.24) is 0 Å². The molecule has 1 aromatic carbocycles.